The van der Waals surface area contributed by atoms with Crippen molar-refractivity contribution in [1.82, 2.24) is 4.90 Å². The smallest absolute Gasteiger partial charge is 0.119 e. The summed E-state index contributed by atoms with van der Waals surface area (Å²) in [4.78, 5) is 2.46. The molecule has 0 atom stereocenters. The zero-order valence-electron chi connectivity index (χ0n) is 13.1. The number of methoxy groups -OCH3 is 1. The quantitative estimate of drug-likeness (QED) is 0.783. The normalized spacial score (nSPS) is 11.9. The standard InChI is InChI=1S/C16H27BrN2O/c1-5-8-19(12-16(2,3)11-18)10-13-9-14(20-4)6-7-15(13)17/h6-7,9H,5,8,10-12,18H2,1-4H3. The minimum absolute atomic E-state index is 0.139. The maximum Gasteiger partial charge on any atom is 0.119 e. The van der Waals surface area contributed by atoms with Crippen LogP contribution < -0.4 is 10.5 Å². The van der Waals surface area contributed by atoms with Crippen LogP contribution >= 0.6 is 15.9 Å². The molecule has 0 aliphatic carbocycles. The molecule has 0 aliphatic rings. The molecule has 0 heterocycles. The maximum absolute atomic E-state index is 5.86. The summed E-state index contributed by atoms with van der Waals surface area (Å²) >= 11 is 3.63. The Morgan fingerprint density at radius 2 is 2.05 bits per heavy atom. The molecule has 0 saturated carbocycles. The molecule has 1 rings (SSSR count). The van der Waals surface area contributed by atoms with Crippen molar-refractivity contribution in [3.8, 4) is 5.75 Å². The van der Waals surface area contributed by atoms with E-state index < -0.39 is 0 Å². The Bertz CT molecular complexity index is 421. The van der Waals surface area contributed by atoms with Crippen LogP contribution in [0, 0.1) is 5.41 Å². The van der Waals surface area contributed by atoms with Crippen molar-refractivity contribution in [2.45, 2.75) is 33.7 Å². The number of ether oxygens (including phenoxy) is 1. The first-order valence-electron chi connectivity index (χ1n) is 7.16. The molecule has 0 aromatic heterocycles. The number of rotatable bonds is 8. The van der Waals surface area contributed by atoms with Crippen molar-refractivity contribution >= 4 is 15.9 Å². The lowest BCUT2D eigenvalue weighted by atomic mass is 9.93. The summed E-state index contributed by atoms with van der Waals surface area (Å²) in [5.41, 5.74) is 7.26. The maximum atomic E-state index is 5.86. The van der Waals surface area contributed by atoms with Gasteiger partial charge in [0.2, 0.25) is 0 Å². The van der Waals surface area contributed by atoms with Gasteiger partial charge in [0, 0.05) is 17.6 Å². The monoisotopic (exact) mass is 342 g/mol. The van der Waals surface area contributed by atoms with Crippen LogP contribution in [0.5, 0.6) is 5.75 Å². The van der Waals surface area contributed by atoms with E-state index in [1.165, 1.54) is 5.56 Å². The van der Waals surface area contributed by atoms with Crippen LogP contribution in [0.15, 0.2) is 22.7 Å². The second-order valence-electron chi connectivity index (χ2n) is 6.04. The summed E-state index contributed by atoms with van der Waals surface area (Å²) in [6.45, 7) is 10.3. The lowest BCUT2D eigenvalue weighted by molar-refractivity contribution is 0.175. The van der Waals surface area contributed by atoms with Crippen LogP contribution in [0.2, 0.25) is 0 Å². The Morgan fingerprint density at radius 3 is 2.60 bits per heavy atom. The first-order chi connectivity index (χ1) is 9.41. The summed E-state index contributed by atoms with van der Waals surface area (Å²) in [6, 6.07) is 6.12. The van der Waals surface area contributed by atoms with Crippen LogP contribution in [0.3, 0.4) is 0 Å². The Balaban J connectivity index is 2.84. The molecule has 0 aliphatic heterocycles. The van der Waals surface area contributed by atoms with Gasteiger partial charge in [0.15, 0.2) is 0 Å². The van der Waals surface area contributed by atoms with Crippen LogP contribution in [0.1, 0.15) is 32.8 Å². The fourth-order valence-electron chi connectivity index (χ4n) is 2.24. The van der Waals surface area contributed by atoms with Crippen LogP contribution in [-0.4, -0.2) is 31.6 Å². The van der Waals surface area contributed by atoms with Crippen molar-refractivity contribution < 1.29 is 4.74 Å². The van der Waals surface area contributed by atoms with Crippen LogP contribution in [-0.2, 0) is 6.54 Å². The average Bonchev–Trinajstić information content (AvgIpc) is 2.41. The highest BCUT2D eigenvalue weighted by atomic mass is 79.9. The van der Waals surface area contributed by atoms with Gasteiger partial charge in [0.05, 0.1) is 7.11 Å². The molecule has 0 bridgehead atoms. The molecule has 2 N–H and O–H groups in total. The van der Waals surface area contributed by atoms with Gasteiger partial charge in [-0.2, -0.15) is 0 Å². The number of hydrogen-bond donors (Lipinski definition) is 1. The number of nitrogens with two attached hydrogens (primary N) is 1. The van der Waals surface area contributed by atoms with Gasteiger partial charge in [-0.05, 0) is 48.7 Å². The van der Waals surface area contributed by atoms with Crippen molar-refractivity contribution in [3.63, 3.8) is 0 Å². The SMILES string of the molecule is CCCN(Cc1cc(OC)ccc1Br)CC(C)(C)CN. The third-order valence-electron chi connectivity index (χ3n) is 3.39. The van der Waals surface area contributed by atoms with Gasteiger partial charge in [-0.15, -0.1) is 0 Å². The number of benzene rings is 1. The summed E-state index contributed by atoms with van der Waals surface area (Å²) in [7, 11) is 1.70. The summed E-state index contributed by atoms with van der Waals surface area (Å²) in [6.07, 6.45) is 1.14. The van der Waals surface area contributed by atoms with E-state index in [9.17, 15) is 0 Å². The zero-order valence-corrected chi connectivity index (χ0v) is 14.7. The molecule has 114 valence electrons. The van der Waals surface area contributed by atoms with E-state index in [-0.39, 0.29) is 5.41 Å². The van der Waals surface area contributed by atoms with Gasteiger partial charge in [0.25, 0.3) is 0 Å². The second kappa shape index (κ2) is 8.01. The van der Waals surface area contributed by atoms with Crippen molar-refractivity contribution in [1.29, 1.82) is 0 Å². The van der Waals surface area contributed by atoms with Gasteiger partial charge < -0.3 is 10.5 Å². The predicted molar refractivity (Wildman–Crippen MR) is 89.1 cm³/mol. The van der Waals surface area contributed by atoms with E-state index in [1.807, 2.05) is 12.1 Å². The van der Waals surface area contributed by atoms with Crippen molar-refractivity contribution in [2.75, 3.05) is 26.7 Å². The molecule has 0 unspecified atom stereocenters. The largest absolute Gasteiger partial charge is 0.497 e. The third-order valence-corrected chi connectivity index (χ3v) is 4.16. The minimum Gasteiger partial charge on any atom is -0.497 e. The van der Waals surface area contributed by atoms with Gasteiger partial charge >= 0.3 is 0 Å². The first kappa shape index (κ1) is 17.5. The molecule has 1 aromatic rings. The highest BCUT2D eigenvalue weighted by molar-refractivity contribution is 9.10. The molecule has 1 aromatic carbocycles. The Labute approximate surface area is 131 Å². The number of hydrogen-bond acceptors (Lipinski definition) is 3. The highest BCUT2D eigenvalue weighted by Gasteiger charge is 2.20. The summed E-state index contributed by atoms with van der Waals surface area (Å²) < 4.78 is 6.44. The minimum atomic E-state index is 0.139. The Morgan fingerprint density at radius 1 is 1.35 bits per heavy atom. The van der Waals surface area contributed by atoms with Crippen molar-refractivity contribution in [2.24, 2.45) is 11.1 Å². The molecule has 0 fully saturated rings. The summed E-state index contributed by atoms with van der Waals surface area (Å²) in [5, 5.41) is 0. The molecule has 0 radical (unpaired) electrons. The molecular weight excluding hydrogens is 316 g/mol. The molecule has 20 heavy (non-hydrogen) atoms. The third kappa shape index (κ3) is 5.43. The van der Waals surface area contributed by atoms with Crippen LogP contribution in [0.4, 0.5) is 0 Å². The molecule has 3 nitrogen and oxygen atoms in total. The summed E-state index contributed by atoms with van der Waals surface area (Å²) in [5.74, 6) is 0.901. The Kier molecular flexibility index (Phi) is 7.00. The average molecular weight is 343 g/mol. The van der Waals surface area contributed by atoms with Crippen LogP contribution in [0.25, 0.3) is 0 Å². The predicted octanol–water partition coefficient (Wildman–Crippen LogP) is 3.65. The van der Waals surface area contributed by atoms with Gasteiger partial charge in [-0.3, -0.25) is 4.90 Å². The van der Waals surface area contributed by atoms with E-state index in [4.69, 9.17) is 10.5 Å². The first-order valence-corrected chi connectivity index (χ1v) is 7.96. The van der Waals surface area contributed by atoms with E-state index in [1.54, 1.807) is 7.11 Å². The van der Waals surface area contributed by atoms with E-state index in [2.05, 4.69) is 47.7 Å². The van der Waals surface area contributed by atoms with E-state index >= 15 is 0 Å². The molecule has 0 spiro atoms. The van der Waals surface area contributed by atoms with E-state index in [0.29, 0.717) is 6.54 Å². The molecule has 4 heteroatoms. The molecular formula is C16H27BrN2O. The molecule has 0 amide bonds. The zero-order chi connectivity index (χ0) is 15.2. The lowest BCUT2D eigenvalue weighted by Gasteiger charge is -2.32. The number of halogens is 1. The second-order valence-corrected chi connectivity index (χ2v) is 6.89. The van der Waals surface area contributed by atoms with E-state index in [0.717, 1.165) is 36.3 Å². The highest BCUT2D eigenvalue weighted by Crippen LogP contribution is 2.25. The van der Waals surface area contributed by atoms with Gasteiger partial charge in [-0.25, -0.2) is 0 Å². The lowest BCUT2D eigenvalue weighted by Crippen LogP contribution is -2.38. The van der Waals surface area contributed by atoms with Crippen molar-refractivity contribution in [3.05, 3.63) is 28.2 Å². The fraction of sp³-hybridized carbons (Fsp3) is 0.625. The Hall–Kier alpha value is -0.580. The number of nitrogens with zero attached hydrogens (tertiary/aromatic N) is 1. The van der Waals surface area contributed by atoms with Gasteiger partial charge in [-0.1, -0.05) is 36.7 Å². The van der Waals surface area contributed by atoms with Gasteiger partial charge in [0.1, 0.15) is 5.75 Å². The topological polar surface area (TPSA) is 38.5 Å². The fourth-order valence-corrected chi connectivity index (χ4v) is 2.61. The molecule has 0 saturated heterocycles.